The van der Waals surface area contributed by atoms with Crippen molar-refractivity contribution in [3.05, 3.63) is 96.7 Å². The van der Waals surface area contributed by atoms with Gasteiger partial charge in [0.25, 0.3) is 5.91 Å². The van der Waals surface area contributed by atoms with Gasteiger partial charge in [0.15, 0.2) is 6.10 Å². The maximum absolute atomic E-state index is 13.2. The molecule has 0 unspecified atom stereocenters. The molecule has 0 aliphatic carbocycles. The molecule has 8 heteroatoms. The van der Waals surface area contributed by atoms with Crippen molar-refractivity contribution >= 4 is 23.3 Å². The molecule has 1 saturated heterocycles. The van der Waals surface area contributed by atoms with Crippen LogP contribution in [-0.4, -0.2) is 54.1 Å². The van der Waals surface area contributed by atoms with E-state index in [1.165, 1.54) is 0 Å². The molecular formula is C29H28N4O4. The van der Waals surface area contributed by atoms with Gasteiger partial charge in [0, 0.05) is 36.2 Å². The van der Waals surface area contributed by atoms with Crippen LogP contribution in [0, 0.1) is 0 Å². The third-order valence-electron chi connectivity index (χ3n) is 6.17. The number of anilines is 2. The number of nitrogens with one attached hydrogen (secondary N) is 1. The van der Waals surface area contributed by atoms with E-state index in [2.05, 4.69) is 15.3 Å². The molecule has 8 nitrogen and oxygen atoms in total. The molecule has 5 rings (SSSR count). The van der Waals surface area contributed by atoms with Gasteiger partial charge in [-0.05, 0) is 43.3 Å². The number of morpholine rings is 1. The van der Waals surface area contributed by atoms with Crippen molar-refractivity contribution in [2.75, 3.05) is 36.5 Å². The van der Waals surface area contributed by atoms with Crippen LogP contribution in [0.1, 0.15) is 17.3 Å². The topological polar surface area (TPSA) is 85.7 Å². The lowest BCUT2D eigenvalue weighted by atomic mass is 10.1. The molecule has 0 saturated carbocycles. The van der Waals surface area contributed by atoms with Crippen LogP contribution in [-0.2, 0) is 14.3 Å². The molecule has 0 bridgehead atoms. The molecule has 0 spiro atoms. The lowest BCUT2D eigenvalue weighted by Gasteiger charge is -2.28. The number of nitrogens with zero attached hydrogens (tertiary/aromatic N) is 3. The Hall–Kier alpha value is -4.43. The van der Waals surface area contributed by atoms with Gasteiger partial charge in [-0.3, -0.25) is 4.79 Å². The SMILES string of the molecule is C[C@@H](OC(=O)c1cn(-c2ccccc2)nc1-c1ccccc1)C(=O)Nc1ccc(N2CCOCC2)cc1. The van der Waals surface area contributed by atoms with E-state index in [1.54, 1.807) is 17.8 Å². The lowest BCUT2D eigenvalue weighted by Crippen LogP contribution is -2.36. The highest BCUT2D eigenvalue weighted by molar-refractivity contribution is 6.00. The summed E-state index contributed by atoms with van der Waals surface area (Å²) in [6.45, 7) is 4.64. The second kappa shape index (κ2) is 11.1. The Labute approximate surface area is 215 Å². The Morgan fingerprint density at radius 3 is 2.22 bits per heavy atom. The molecule has 3 aromatic carbocycles. The number of carbonyl (C=O) groups is 2. The molecule has 2 heterocycles. The predicted octanol–water partition coefficient (Wildman–Crippen LogP) is 4.56. The van der Waals surface area contributed by atoms with Gasteiger partial charge in [-0.1, -0.05) is 48.5 Å². The number of carbonyl (C=O) groups excluding carboxylic acids is 2. The summed E-state index contributed by atoms with van der Waals surface area (Å²) in [5.74, 6) is -1.03. The third-order valence-corrected chi connectivity index (χ3v) is 6.17. The first-order valence-electron chi connectivity index (χ1n) is 12.2. The highest BCUT2D eigenvalue weighted by Gasteiger charge is 2.24. The molecule has 1 amide bonds. The van der Waals surface area contributed by atoms with Gasteiger partial charge >= 0.3 is 5.97 Å². The van der Waals surface area contributed by atoms with Gasteiger partial charge in [0.2, 0.25) is 0 Å². The Kier molecular flexibility index (Phi) is 7.28. The average molecular weight is 497 g/mol. The predicted molar refractivity (Wildman–Crippen MR) is 142 cm³/mol. The van der Waals surface area contributed by atoms with Crippen LogP contribution in [0.2, 0.25) is 0 Å². The largest absolute Gasteiger partial charge is 0.449 e. The van der Waals surface area contributed by atoms with Crippen molar-refractivity contribution in [3.8, 4) is 16.9 Å². The minimum absolute atomic E-state index is 0.282. The molecule has 0 radical (unpaired) electrons. The number of esters is 1. The molecule has 1 aliphatic heterocycles. The van der Waals surface area contributed by atoms with Gasteiger partial charge in [0.05, 0.1) is 18.9 Å². The van der Waals surface area contributed by atoms with Crippen LogP contribution in [0.4, 0.5) is 11.4 Å². The van der Waals surface area contributed by atoms with Crippen molar-refractivity contribution in [2.24, 2.45) is 0 Å². The van der Waals surface area contributed by atoms with E-state index >= 15 is 0 Å². The van der Waals surface area contributed by atoms with Gasteiger partial charge in [-0.15, -0.1) is 0 Å². The second-order valence-corrected chi connectivity index (χ2v) is 8.72. The molecule has 1 fully saturated rings. The maximum atomic E-state index is 13.2. The van der Waals surface area contributed by atoms with E-state index in [1.807, 2.05) is 84.9 Å². The maximum Gasteiger partial charge on any atom is 0.342 e. The van der Waals surface area contributed by atoms with Crippen molar-refractivity contribution in [1.29, 1.82) is 0 Å². The van der Waals surface area contributed by atoms with E-state index in [9.17, 15) is 9.59 Å². The van der Waals surface area contributed by atoms with Crippen LogP contribution in [0.3, 0.4) is 0 Å². The zero-order valence-corrected chi connectivity index (χ0v) is 20.5. The summed E-state index contributed by atoms with van der Waals surface area (Å²) in [5, 5.41) is 7.47. The number of aromatic nitrogens is 2. The molecular weight excluding hydrogens is 468 g/mol. The first kappa shape index (κ1) is 24.3. The molecule has 188 valence electrons. The quantitative estimate of drug-likeness (QED) is 0.378. The van der Waals surface area contributed by atoms with Crippen LogP contribution in [0.15, 0.2) is 91.1 Å². The minimum atomic E-state index is -1.00. The van der Waals surface area contributed by atoms with Gasteiger partial charge in [0.1, 0.15) is 11.3 Å². The Morgan fingerprint density at radius 1 is 0.892 bits per heavy atom. The summed E-state index contributed by atoms with van der Waals surface area (Å²) in [7, 11) is 0. The summed E-state index contributed by atoms with van der Waals surface area (Å²) in [6, 6.07) is 26.5. The molecule has 1 N–H and O–H groups in total. The zero-order valence-electron chi connectivity index (χ0n) is 20.5. The van der Waals surface area contributed by atoms with E-state index in [-0.39, 0.29) is 5.56 Å². The fraction of sp³-hybridized carbons (Fsp3) is 0.207. The summed E-state index contributed by atoms with van der Waals surface area (Å²) >= 11 is 0. The highest BCUT2D eigenvalue weighted by atomic mass is 16.5. The van der Waals surface area contributed by atoms with Crippen LogP contribution in [0.25, 0.3) is 16.9 Å². The standard InChI is InChI=1S/C29H28N4O4/c1-21(28(34)30-23-12-14-24(15-13-23)32-16-18-36-19-17-32)37-29(35)26-20-33(25-10-6-3-7-11-25)31-27(26)22-8-4-2-5-9-22/h2-15,20-21H,16-19H2,1H3,(H,30,34)/t21-/m1/s1. The Morgan fingerprint density at radius 2 is 1.54 bits per heavy atom. The van der Waals surface area contributed by atoms with Crippen LogP contribution in [0.5, 0.6) is 0 Å². The van der Waals surface area contributed by atoms with Gasteiger partial charge in [-0.25, -0.2) is 9.48 Å². The fourth-order valence-electron chi connectivity index (χ4n) is 4.14. The van der Waals surface area contributed by atoms with Gasteiger partial charge < -0.3 is 19.7 Å². The molecule has 1 atom stereocenters. The van der Waals surface area contributed by atoms with E-state index in [0.29, 0.717) is 24.6 Å². The highest BCUT2D eigenvalue weighted by Crippen LogP contribution is 2.25. The molecule has 4 aromatic rings. The first-order valence-corrected chi connectivity index (χ1v) is 12.2. The molecule has 37 heavy (non-hydrogen) atoms. The van der Waals surface area contributed by atoms with Crippen molar-refractivity contribution in [1.82, 2.24) is 9.78 Å². The number of para-hydroxylation sites is 1. The number of benzene rings is 3. The lowest BCUT2D eigenvalue weighted by molar-refractivity contribution is -0.123. The Bertz CT molecular complexity index is 1350. The molecule has 1 aliphatic rings. The second-order valence-electron chi connectivity index (χ2n) is 8.72. The monoisotopic (exact) mass is 496 g/mol. The normalized spacial score (nSPS) is 14.1. The average Bonchev–Trinajstić information content (AvgIpc) is 3.41. The number of hydrogen-bond acceptors (Lipinski definition) is 6. The van der Waals surface area contributed by atoms with Crippen molar-refractivity contribution in [3.63, 3.8) is 0 Å². The number of rotatable bonds is 7. The fourth-order valence-corrected chi connectivity index (χ4v) is 4.14. The van der Waals surface area contributed by atoms with Crippen LogP contribution < -0.4 is 10.2 Å². The van der Waals surface area contributed by atoms with Gasteiger partial charge in [-0.2, -0.15) is 5.10 Å². The summed E-state index contributed by atoms with van der Waals surface area (Å²) < 4.78 is 12.6. The zero-order chi connectivity index (χ0) is 25.6. The molecule has 1 aromatic heterocycles. The number of hydrogen-bond donors (Lipinski definition) is 1. The van der Waals surface area contributed by atoms with Crippen LogP contribution >= 0.6 is 0 Å². The number of ether oxygens (including phenoxy) is 2. The number of amides is 1. The minimum Gasteiger partial charge on any atom is -0.449 e. The smallest absolute Gasteiger partial charge is 0.342 e. The van der Waals surface area contributed by atoms with Crippen molar-refractivity contribution in [2.45, 2.75) is 13.0 Å². The van der Waals surface area contributed by atoms with E-state index in [0.717, 1.165) is 30.0 Å². The summed E-state index contributed by atoms with van der Waals surface area (Å²) in [4.78, 5) is 28.2. The summed E-state index contributed by atoms with van der Waals surface area (Å²) in [5.41, 5.74) is 4.06. The Balaban J connectivity index is 1.29. The van der Waals surface area contributed by atoms with E-state index in [4.69, 9.17) is 9.47 Å². The van der Waals surface area contributed by atoms with E-state index < -0.39 is 18.0 Å². The van der Waals surface area contributed by atoms with Crippen molar-refractivity contribution < 1.29 is 19.1 Å². The summed E-state index contributed by atoms with van der Waals surface area (Å²) in [6.07, 6.45) is 0.629. The third kappa shape index (κ3) is 5.70. The first-order chi connectivity index (χ1) is 18.1.